The van der Waals surface area contributed by atoms with Gasteiger partial charge in [0.15, 0.2) is 5.11 Å². The fourth-order valence-electron chi connectivity index (χ4n) is 3.33. The van der Waals surface area contributed by atoms with E-state index in [1.54, 1.807) is 0 Å². The first-order chi connectivity index (χ1) is 12.2. The molecule has 1 unspecified atom stereocenters. The summed E-state index contributed by atoms with van der Waals surface area (Å²) < 4.78 is 0. The second kappa shape index (κ2) is 8.97. The van der Waals surface area contributed by atoms with E-state index in [9.17, 15) is 0 Å². The van der Waals surface area contributed by atoms with Crippen LogP contribution in [0.1, 0.15) is 36.9 Å². The molecule has 1 saturated heterocycles. The monoisotopic (exact) mass is 353 g/mol. The van der Waals surface area contributed by atoms with Crippen LogP contribution in [0, 0.1) is 0 Å². The summed E-state index contributed by atoms with van der Waals surface area (Å²) in [5, 5.41) is 7.66. The van der Waals surface area contributed by atoms with Crippen LogP contribution in [0.2, 0.25) is 0 Å². The van der Waals surface area contributed by atoms with Gasteiger partial charge in [-0.25, -0.2) is 0 Å². The van der Waals surface area contributed by atoms with E-state index in [0.717, 1.165) is 37.6 Å². The van der Waals surface area contributed by atoms with Gasteiger partial charge in [0.25, 0.3) is 0 Å². The summed E-state index contributed by atoms with van der Waals surface area (Å²) in [4.78, 5) is 2.52. The van der Waals surface area contributed by atoms with Crippen molar-refractivity contribution in [2.75, 3.05) is 13.1 Å². The molecule has 0 saturated carbocycles. The number of piperidine rings is 1. The summed E-state index contributed by atoms with van der Waals surface area (Å²) in [7, 11) is 0. The number of hydrogen-bond acceptors (Lipinski definition) is 2. The molecule has 0 aromatic heterocycles. The van der Waals surface area contributed by atoms with E-state index >= 15 is 0 Å². The minimum atomic E-state index is 0.222. The van der Waals surface area contributed by atoms with Gasteiger partial charge in [0.05, 0.1) is 6.04 Å². The molecule has 2 N–H and O–H groups in total. The largest absolute Gasteiger partial charge is 0.360 e. The lowest BCUT2D eigenvalue weighted by Crippen LogP contribution is -2.48. The molecule has 0 bridgehead atoms. The smallest absolute Gasteiger partial charge is 0.166 e. The maximum absolute atomic E-state index is 5.51. The lowest BCUT2D eigenvalue weighted by atomic mass is 10.0. The highest BCUT2D eigenvalue weighted by Crippen LogP contribution is 2.15. The van der Waals surface area contributed by atoms with Gasteiger partial charge in [0.1, 0.15) is 0 Å². The van der Waals surface area contributed by atoms with E-state index in [0.29, 0.717) is 6.04 Å². The SMILES string of the molecule is CC(NC(=S)NC1CCN(Cc2ccccc2)CC1)c1ccccc1. The van der Waals surface area contributed by atoms with Crippen molar-refractivity contribution in [2.45, 2.75) is 38.4 Å². The maximum atomic E-state index is 5.51. The Morgan fingerprint density at radius 1 is 1.04 bits per heavy atom. The van der Waals surface area contributed by atoms with Crippen LogP contribution in [-0.4, -0.2) is 29.1 Å². The third-order valence-corrected chi connectivity index (χ3v) is 5.05. The third kappa shape index (κ3) is 5.55. The Labute approximate surface area is 156 Å². The van der Waals surface area contributed by atoms with Gasteiger partial charge in [0.2, 0.25) is 0 Å². The number of likely N-dealkylation sites (tertiary alicyclic amines) is 1. The van der Waals surface area contributed by atoms with Crippen LogP contribution >= 0.6 is 12.2 Å². The van der Waals surface area contributed by atoms with Gasteiger partial charge in [-0.1, -0.05) is 60.7 Å². The van der Waals surface area contributed by atoms with Crippen LogP contribution < -0.4 is 10.6 Å². The zero-order valence-electron chi connectivity index (χ0n) is 14.8. The molecule has 1 atom stereocenters. The van der Waals surface area contributed by atoms with E-state index < -0.39 is 0 Å². The Morgan fingerprint density at radius 3 is 2.28 bits per heavy atom. The Balaban J connectivity index is 1.40. The molecular weight excluding hydrogens is 326 g/mol. The molecule has 1 heterocycles. The molecular formula is C21H27N3S. The summed E-state index contributed by atoms with van der Waals surface area (Å²) in [5.41, 5.74) is 2.65. The molecule has 1 aliphatic rings. The lowest BCUT2D eigenvalue weighted by molar-refractivity contribution is 0.198. The number of hydrogen-bond donors (Lipinski definition) is 2. The summed E-state index contributed by atoms with van der Waals surface area (Å²) in [6.07, 6.45) is 2.27. The van der Waals surface area contributed by atoms with Crippen LogP contribution in [0.4, 0.5) is 0 Å². The molecule has 2 aromatic carbocycles. The van der Waals surface area contributed by atoms with Gasteiger partial charge in [0, 0.05) is 25.7 Å². The van der Waals surface area contributed by atoms with Gasteiger partial charge >= 0.3 is 0 Å². The Hall–Kier alpha value is -1.91. The third-order valence-electron chi connectivity index (χ3n) is 4.82. The molecule has 0 amide bonds. The molecule has 25 heavy (non-hydrogen) atoms. The highest BCUT2D eigenvalue weighted by molar-refractivity contribution is 7.80. The Bertz CT molecular complexity index is 651. The molecule has 132 valence electrons. The number of nitrogens with zero attached hydrogens (tertiary/aromatic N) is 1. The maximum Gasteiger partial charge on any atom is 0.166 e. The standard InChI is InChI=1S/C21H27N3S/c1-17(19-10-6-3-7-11-19)22-21(25)23-20-12-14-24(15-13-20)16-18-8-4-2-5-9-18/h2-11,17,20H,12-16H2,1H3,(H2,22,23,25). The second-order valence-electron chi connectivity index (χ2n) is 6.79. The van der Waals surface area contributed by atoms with Crippen molar-refractivity contribution in [3.63, 3.8) is 0 Å². The van der Waals surface area contributed by atoms with Crippen LogP contribution in [0.5, 0.6) is 0 Å². The van der Waals surface area contributed by atoms with Crippen molar-refractivity contribution >= 4 is 17.3 Å². The molecule has 0 aliphatic carbocycles. The topological polar surface area (TPSA) is 27.3 Å². The van der Waals surface area contributed by atoms with Crippen molar-refractivity contribution in [3.8, 4) is 0 Å². The van der Waals surface area contributed by atoms with Crippen LogP contribution in [0.25, 0.3) is 0 Å². The Morgan fingerprint density at radius 2 is 1.64 bits per heavy atom. The first kappa shape index (κ1) is 17.9. The molecule has 1 aliphatic heterocycles. The first-order valence-electron chi connectivity index (χ1n) is 9.09. The number of benzene rings is 2. The molecule has 2 aromatic rings. The fourth-order valence-corrected chi connectivity index (χ4v) is 3.67. The molecule has 3 nitrogen and oxygen atoms in total. The minimum absolute atomic E-state index is 0.222. The predicted octanol–water partition coefficient (Wildman–Crippen LogP) is 3.88. The molecule has 0 radical (unpaired) electrons. The zero-order valence-corrected chi connectivity index (χ0v) is 15.6. The molecule has 1 fully saturated rings. The fraction of sp³-hybridized carbons (Fsp3) is 0.381. The normalized spacial score (nSPS) is 17.0. The van der Waals surface area contributed by atoms with Gasteiger partial charge in [-0.05, 0) is 43.1 Å². The summed E-state index contributed by atoms with van der Waals surface area (Å²) >= 11 is 5.51. The number of rotatable bonds is 5. The lowest BCUT2D eigenvalue weighted by Gasteiger charge is -2.33. The molecule has 4 heteroatoms. The van der Waals surface area contributed by atoms with Gasteiger partial charge in [-0.2, -0.15) is 0 Å². The van der Waals surface area contributed by atoms with E-state index in [-0.39, 0.29) is 6.04 Å². The quantitative estimate of drug-likeness (QED) is 0.798. The van der Waals surface area contributed by atoms with E-state index in [1.807, 2.05) is 6.07 Å². The molecule has 0 spiro atoms. The summed E-state index contributed by atoms with van der Waals surface area (Å²) in [6, 6.07) is 21.8. The average Bonchev–Trinajstić information content (AvgIpc) is 2.65. The van der Waals surface area contributed by atoms with E-state index in [1.165, 1.54) is 11.1 Å². The number of thiocarbonyl (C=S) groups is 1. The van der Waals surface area contributed by atoms with Crippen molar-refractivity contribution in [3.05, 3.63) is 71.8 Å². The zero-order chi connectivity index (χ0) is 17.5. The van der Waals surface area contributed by atoms with Gasteiger partial charge in [-0.15, -0.1) is 0 Å². The van der Waals surface area contributed by atoms with E-state index in [4.69, 9.17) is 12.2 Å². The molecule has 3 rings (SSSR count). The van der Waals surface area contributed by atoms with Crippen LogP contribution in [0.3, 0.4) is 0 Å². The highest BCUT2D eigenvalue weighted by atomic mass is 32.1. The summed E-state index contributed by atoms with van der Waals surface area (Å²) in [6.45, 7) is 5.42. The Kier molecular flexibility index (Phi) is 6.42. The number of nitrogens with one attached hydrogen (secondary N) is 2. The minimum Gasteiger partial charge on any atom is -0.360 e. The second-order valence-corrected chi connectivity index (χ2v) is 7.19. The summed E-state index contributed by atoms with van der Waals surface area (Å²) in [5.74, 6) is 0. The van der Waals surface area contributed by atoms with Crippen LogP contribution in [0.15, 0.2) is 60.7 Å². The van der Waals surface area contributed by atoms with Gasteiger partial charge < -0.3 is 10.6 Å². The van der Waals surface area contributed by atoms with Crippen LogP contribution in [-0.2, 0) is 6.54 Å². The van der Waals surface area contributed by atoms with Crippen molar-refractivity contribution < 1.29 is 0 Å². The van der Waals surface area contributed by atoms with E-state index in [2.05, 4.69) is 77.1 Å². The highest BCUT2D eigenvalue weighted by Gasteiger charge is 2.20. The predicted molar refractivity (Wildman–Crippen MR) is 108 cm³/mol. The van der Waals surface area contributed by atoms with Crippen molar-refractivity contribution in [1.82, 2.24) is 15.5 Å². The van der Waals surface area contributed by atoms with Gasteiger partial charge in [-0.3, -0.25) is 4.90 Å². The van der Waals surface area contributed by atoms with Crippen molar-refractivity contribution in [2.24, 2.45) is 0 Å². The average molecular weight is 354 g/mol. The first-order valence-corrected chi connectivity index (χ1v) is 9.50. The van der Waals surface area contributed by atoms with Crippen molar-refractivity contribution in [1.29, 1.82) is 0 Å².